The molecule has 1 aliphatic heterocycles. The Balaban J connectivity index is 1.54. The summed E-state index contributed by atoms with van der Waals surface area (Å²) >= 11 is 6.27. The molecule has 9 heteroatoms. The van der Waals surface area contributed by atoms with Gasteiger partial charge in [0.2, 0.25) is 0 Å². The fourth-order valence-corrected chi connectivity index (χ4v) is 4.75. The molecule has 1 atom stereocenters. The van der Waals surface area contributed by atoms with Crippen molar-refractivity contribution in [1.82, 2.24) is 9.80 Å². The van der Waals surface area contributed by atoms with Crippen molar-refractivity contribution >= 4 is 23.4 Å². The highest BCUT2D eigenvalue weighted by molar-refractivity contribution is 6.33. The van der Waals surface area contributed by atoms with Crippen LogP contribution in [0.3, 0.4) is 0 Å². The van der Waals surface area contributed by atoms with E-state index in [1.807, 2.05) is 6.07 Å². The molecule has 190 valence electrons. The molecule has 0 aromatic heterocycles. The number of likely N-dealkylation sites (tertiary alicyclic amines) is 1. The zero-order valence-electron chi connectivity index (χ0n) is 19.8. The summed E-state index contributed by atoms with van der Waals surface area (Å²) in [6.45, 7) is 0.337. The van der Waals surface area contributed by atoms with Crippen LogP contribution in [0.5, 0.6) is 0 Å². The van der Waals surface area contributed by atoms with Crippen molar-refractivity contribution in [2.45, 2.75) is 43.9 Å². The van der Waals surface area contributed by atoms with Crippen LogP contribution in [0.25, 0.3) is 0 Å². The monoisotopic (exact) mass is 510 g/mol. The molecule has 2 aromatic carbocycles. The first kappa shape index (κ1) is 27.0. The summed E-state index contributed by atoms with van der Waals surface area (Å²) in [4.78, 5) is 27.5. The van der Waals surface area contributed by atoms with E-state index in [1.54, 1.807) is 26.2 Å². The smallest absolute Gasteiger partial charge is 0.369 e. The Kier molecular flexibility index (Phi) is 8.49. The normalized spacial score (nSPS) is 16.6. The van der Waals surface area contributed by atoms with Gasteiger partial charge in [-0.05, 0) is 55.7 Å². The van der Waals surface area contributed by atoms with Crippen molar-refractivity contribution in [3.63, 3.8) is 0 Å². The molecule has 3 rings (SSSR count). The second kappa shape index (κ2) is 11.0. The highest BCUT2D eigenvalue weighted by Gasteiger charge is 2.62. The number of aryl methyl sites for hydroxylation is 1. The first-order valence-corrected chi connectivity index (χ1v) is 12.0. The molecule has 1 aliphatic rings. The number of carbonyl (C=O) groups excluding carboxylic acids is 2. The molecular formula is C26H30ClF3N2O3. The Labute approximate surface area is 208 Å². The number of halogens is 4. The SMILES string of the molecule is CN(C)C(=O)c1ccc(CCCC2CCN(C(=O)[C@](O)(c3ccccc3)C(F)(F)F)CC2)cc1Cl. The maximum Gasteiger partial charge on any atom is 0.430 e. The van der Waals surface area contributed by atoms with Gasteiger partial charge in [0.15, 0.2) is 0 Å². The van der Waals surface area contributed by atoms with E-state index in [2.05, 4.69) is 0 Å². The van der Waals surface area contributed by atoms with E-state index in [0.29, 0.717) is 23.4 Å². The van der Waals surface area contributed by atoms with E-state index in [0.717, 1.165) is 41.9 Å². The Morgan fingerprint density at radius 3 is 2.26 bits per heavy atom. The zero-order valence-corrected chi connectivity index (χ0v) is 20.6. The van der Waals surface area contributed by atoms with Crippen molar-refractivity contribution in [2.24, 2.45) is 5.92 Å². The summed E-state index contributed by atoms with van der Waals surface area (Å²) in [5.74, 6) is -1.20. The lowest BCUT2D eigenvalue weighted by molar-refractivity contribution is -0.262. The van der Waals surface area contributed by atoms with E-state index in [9.17, 15) is 27.9 Å². The third-order valence-electron chi connectivity index (χ3n) is 6.56. The molecule has 5 nitrogen and oxygen atoms in total. The topological polar surface area (TPSA) is 60.9 Å². The van der Waals surface area contributed by atoms with Crippen LogP contribution in [0.2, 0.25) is 5.02 Å². The molecule has 1 fully saturated rings. The molecule has 35 heavy (non-hydrogen) atoms. The van der Waals surface area contributed by atoms with E-state index in [1.165, 1.54) is 23.1 Å². The van der Waals surface area contributed by atoms with Gasteiger partial charge < -0.3 is 14.9 Å². The number of benzene rings is 2. The summed E-state index contributed by atoms with van der Waals surface area (Å²) < 4.78 is 41.4. The van der Waals surface area contributed by atoms with E-state index in [4.69, 9.17) is 11.6 Å². The molecule has 1 N–H and O–H groups in total. The van der Waals surface area contributed by atoms with Crippen molar-refractivity contribution in [3.05, 3.63) is 70.2 Å². The van der Waals surface area contributed by atoms with Gasteiger partial charge in [-0.2, -0.15) is 13.2 Å². The second-order valence-corrected chi connectivity index (χ2v) is 9.62. The van der Waals surface area contributed by atoms with Gasteiger partial charge in [0, 0.05) is 32.7 Å². The lowest BCUT2D eigenvalue weighted by Crippen LogP contribution is -2.57. The summed E-state index contributed by atoms with van der Waals surface area (Å²) in [6, 6.07) is 11.9. The first-order chi connectivity index (χ1) is 16.4. The Morgan fingerprint density at radius 1 is 1.09 bits per heavy atom. The number of amides is 2. The molecule has 1 heterocycles. The van der Waals surface area contributed by atoms with E-state index >= 15 is 0 Å². The highest BCUT2D eigenvalue weighted by Crippen LogP contribution is 2.41. The van der Waals surface area contributed by atoms with E-state index in [-0.39, 0.29) is 24.9 Å². The quantitative estimate of drug-likeness (QED) is 0.567. The largest absolute Gasteiger partial charge is 0.430 e. The van der Waals surface area contributed by atoms with Crippen LogP contribution >= 0.6 is 11.6 Å². The van der Waals surface area contributed by atoms with Gasteiger partial charge in [-0.25, -0.2) is 0 Å². The van der Waals surface area contributed by atoms with Crippen molar-refractivity contribution in [1.29, 1.82) is 0 Å². The molecule has 0 bridgehead atoms. The summed E-state index contributed by atoms with van der Waals surface area (Å²) in [5, 5.41) is 10.9. The van der Waals surface area contributed by atoms with Crippen LogP contribution in [-0.4, -0.2) is 60.1 Å². The molecule has 1 saturated heterocycles. The van der Waals surface area contributed by atoms with Crippen molar-refractivity contribution in [2.75, 3.05) is 27.2 Å². The van der Waals surface area contributed by atoms with Gasteiger partial charge in [0.05, 0.1) is 10.6 Å². The van der Waals surface area contributed by atoms with Gasteiger partial charge in [0.25, 0.3) is 17.4 Å². The first-order valence-electron chi connectivity index (χ1n) is 11.6. The summed E-state index contributed by atoms with van der Waals surface area (Å²) in [5.41, 5.74) is -2.57. The number of hydrogen-bond donors (Lipinski definition) is 1. The van der Waals surface area contributed by atoms with Crippen LogP contribution in [-0.2, 0) is 16.8 Å². The standard InChI is InChI=1S/C26H30ClF3N2O3/c1-31(2)23(33)21-12-11-19(17-22(21)27)8-6-7-18-13-15-32(16-14-18)24(34)25(35,26(28,29)30)20-9-4-3-5-10-20/h3-5,9-12,17-18,35H,6-8,13-16H2,1-2H3/t25-/m1/s1. The third-order valence-corrected chi connectivity index (χ3v) is 6.87. The molecule has 2 amide bonds. The molecule has 0 unspecified atom stereocenters. The molecule has 2 aromatic rings. The molecule has 0 aliphatic carbocycles. The van der Waals surface area contributed by atoms with Crippen LogP contribution in [0.4, 0.5) is 13.2 Å². The lowest BCUT2D eigenvalue weighted by atomic mass is 9.87. The highest BCUT2D eigenvalue weighted by atomic mass is 35.5. The molecular weight excluding hydrogens is 481 g/mol. The lowest BCUT2D eigenvalue weighted by Gasteiger charge is -2.38. The van der Waals surface area contributed by atoms with Gasteiger partial charge >= 0.3 is 6.18 Å². The average molecular weight is 511 g/mol. The third kappa shape index (κ3) is 5.98. The predicted octanol–water partition coefficient (Wildman–Crippen LogP) is 5.05. The van der Waals surface area contributed by atoms with Crippen molar-refractivity contribution in [3.8, 4) is 0 Å². The number of rotatable bonds is 7. The maximum atomic E-state index is 13.8. The maximum absolute atomic E-state index is 13.8. The fraction of sp³-hybridized carbons (Fsp3) is 0.462. The minimum absolute atomic E-state index is 0.160. The minimum Gasteiger partial charge on any atom is -0.369 e. The van der Waals surface area contributed by atoms with Gasteiger partial charge in [-0.3, -0.25) is 9.59 Å². The fourth-order valence-electron chi connectivity index (χ4n) is 4.46. The van der Waals surface area contributed by atoms with Crippen LogP contribution < -0.4 is 0 Å². The molecule has 0 radical (unpaired) electrons. The summed E-state index contributed by atoms with van der Waals surface area (Å²) in [6.07, 6.45) is -1.50. The number of alkyl halides is 3. The average Bonchev–Trinajstić information content (AvgIpc) is 2.83. The zero-order chi connectivity index (χ0) is 25.8. The van der Waals surface area contributed by atoms with Crippen LogP contribution in [0.1, 0.15) is 47.2 Å². The van der Waals surface area contributed by atoms with Crippen LogP contribution in [0, 0.1) is 5.92 Å². The van der Waals surface area contributed by atoms with E-state index < -0.39 is 23.2 Å². The Bertz CT molecular complexity index is 1040. The number of hydrogen-bond acceptors (Lipinski definition) is 3. The number of carbonyl (C=O) groups is 2. The minimum atomic E-state index is -5.13. The number of piperidine rings is 1. The van der Waals surface area contributed by atoms with Gasteiger partial charge in [-0.15, -0.1) is 0 Å². The predicted molar refractivity (Wildman–Crippen MR) is 128 cm³/mol. The summed E-state index contributed by atoms with van der Waals surface area (Å²) in [7, 11) is 3.33. The Hall–Kier alpha value is -2.58. The molecule has 0 saturated carbocycles. The van der Waals surface area contributed by atoms with Crippen LogP contribution in [0.15, 0.2) is 48.5 Å². The van der Waals surface area contributed by atoms with Gasteiger partial charge in [-0.1, -0.05) is 48.0 Å². The molecule has 0 spiro atoms. The second-order valence-electron chi connectivity index (χ2n) is 9.22. The number of nitrogens with zero attached hydrogens (tertiary/aromatic N) is 2. The van der Waals surface area contributed by atoms with Gasteiger partial charge in [0.1, 0.15) is 0 Å². The van der Waals surface area contributed by atoms with Crippen molar-refractivity contribution < 1.29 is 27.9 Å². The Morgan fingerprint density at radius 2 is 1.71 bits per heavy atom. The number of aliphatic hydroxyl groups is 1.